The quantitative estimate of drug-likeness (QED) is 0.194. The summed E-state index contributed by atoms with van der Waals surface area (Å²) in [5.41, 5.74) is 0. The predicted octanol–water partition coefficient (Wildman–Crippen LogP) is 1.21. The second-order valence-electron chi connectivity index (χ2n) is 8.41. The van der Waals surface area contributed by atoms with Crippen LogP contribution in [0.3, 0.4) is 0 Å². The SMILES string of the molecule is CCCC(OC(=O)C1CCC(O)CC1C(=O)O)OC(=O)C1CCC([N+](=O)[O-])CC1C(=O)O. The fraction of sp³-hybridized carbons (Fsp3) is 0.800. The molecule has 0 aromatic rings. The number of aliphatic carboxylic acids is 2. The summed E-state index contributed by atoms with van der Waals surface area (Å²) in [5, 5.41) is 39.5. The van der Waals surface area contributed by atoms with E-state index in [1.54, 1.807) is 6.92 Å². The van der Waals surface area contributed by atoms with Crippen molar-refractivity contribution in [2.24, 2.45) is 23.7 Å². The number of esters is 2. The van der Waals surface area contributed by atoms with Crippen molar-refractivity contribution in [3.05, 3.63) is 10.1 Å². The van der Waals surface area contributed by atoms with Crippen LogP contribution in [-0.4, -0.2) is 62.6 Å². The molecule has 0 radical (unpaired) electrons. The number of aliphatic hydroxyl groups is 1. The van der Waals surface area contributed by atoms with Crippen molar-refractivity contribution < 1.29 is 48.9 Å². The zero-order valence-electron chi connectivity index (χ0n) is 17.8. The predicted molar refractivity (Wildman–Crippen MR) is 105 cm³/mol. The van der Waals surface area contributed by atoms with Crippen LogP contribution in [0, 0.1) is 33.8 Å². The molecule has 0 bridgehead atoms. The van der Waals surface area contributed by atoms with E-state index < -0.39 is 70.9 Å². The summed E-state index contributed by atoms with van der Waals surface area (Å²) in [7, 11) is 0. The van der Waals surface area contributed by atoms with Crippen LogP contribution in [0.15, 0.2) is 0 Å². The van der Waals surface area contributed by atoms with E-state index in [4.69, 9.17) is 9.47 Å². The van der Waals surface area contributed by atoms with Gasteiger partial charge in [-0.2, -0.15) is 0 Å². The van der Waals surface area contributed by atoms with Gasteiger partial charge in [0.05, 0.1) is 29.8 Å². The topological polar surface area (TPSA) is 191 Å². The lowest BCUT2D eigenvalue weighted by atomic mass is 9.77. The van der Waals surface area contributed by atoms with Crippen molar-refractivity contribution in [1.82, 2.24) is 0 Å². The van der Waals surface area contributed by atoms with Gasteiger partial charge in [-0.05, 0) is 32.1 Å². The first-order valence-electron chi connectivity index (χ1n) is 10.7. The molecule has 2 saturated carbocycles. The maximum Gasteiger partial charge on any atom is 0.312 e. The van der Waals surface area contributed by atoms with Gasteiger partial charge < -0.3 is 24.8 Å². The Morgan fingerprint density at radius 3 is 1.88 bits per heavy atom. The van der Waals surface area contributed by atoms with Gasteiger partial charge >= 0.3 is 23.9 Å². The second kappa shape index (κ2) is 11.2. The monoisotopic (exact) mass is 459 g/mol. The number of carbonyl (C=O) groups is 4. The first-order chi connectivity index (χ1) is 15.0. The highest BCUT2D eigenvalue weighted by Gasteiger charge is 2.45. The number of rotatable bonds is 9. The van der Waals surface area contributed by atoms with Gasteiger partial charge in [0, 0.05) is 24.2 Å². The van der Waals surface area contributed by atoms with Gasteiger partial charge in [0.2, 0.25) is 12.3 Å². The lowest BCUT2D eigenvalue weighted by Crippen LogP contribution is -2.43. The summed E-state index contributed by atoms with van der Waals surface area (Å²) in [6.45, 7) is 1.74. The highest BCUT2D eigenvalue weighted by atomic mass is 16.7. The fourth-order valence-electron chi connectivity index (χ4n) is 4.41. The largest absolute Gasteiger partial charge is 0.481 e. The number of carbonyl (C=O) groups excluding carboxylic acids is 2. The Balaban J connectivity index is 2.06. The van der Waals surface area contributed by atoms with E-state index in [-0.39, 0.29) is 44.9 Å². The molecular formula is C20H29NO11. The van der Waals surface area contributed by atoms with E-state index in [1.807, 2.05) is 0 Å². The number of ether oxygens (including phenoxy) is 2. The summed E-state index contributed by atoms with van der Waals surface area (Å²) >= 11 is 0. The molecule has 32 heavy (non-hydrogen) atoms. The zero-order valence-corrected chi connectivity index (χ0v) is 17.8. The van der Waals surface area contributed by atoms with Crippen molar-refractivity contribution in [2.45, 2.75) is 76.7 Å². The van der Waals surface area contributed by atoms with E-state index in [0.717, 1.165) is 0 Å². The van der Waals surface area contributed by atoms with Gasteiger partial charge in [-0.1, -0.05) is 6.92 Å². The second-order valence-corrected chi connectivity index (χ2v) is 8.41. The third-order valence-corrected chi connectivity index (χ3v) is 6.20. The van der Waals surface area contributed by atoms with Crippen molar-refractivity contribution >= 4 is 23.9 Å². The highest BCUT2D eigenvalue weighted by Crippen LogP contribution is 2.34. The van der Waals surface area contributed by atoms with Crippen LogP contribution in [0.1, 0.15) is 58.3 Å². The molecule has 7 unspecified atom stereocenters. The Kier molecular flexibility index (Phi) is 8.93. The molecule has 0 aromatic heterocycles. The van der Waals surface area contributed by atoms with Crippen LogP contribution in [0.2, 0.25) is 0 Å². The summed E-state index contributed by atoms with van der Waals surface area (Å²) < 4.78 is 10.6. The molecule has 0 amide bonds. The lowest BCUT2D eigenvalue weighted by molar-refractivity contribution is -0.528. The number of nitro groups is 1. The fourth-order valence-corrected chi connectivity index (χ4v) is 4.41. The first kappa shape index (κ1) is 25.5. The average molecular weight is 459 g/mol. The molecule has 0 aliphatic heterocycles. The van der Waals surface area contributed by atoms with Gasteiger partial charge in [-0.3, -0.25) is 29.3 Å². The molecule has 2 rings (SSSR count). The van der Waals surface area contributed by atoms with Crippen molar-refractivity contribution in [3.63, 3.8) is 0 Å². The summed E-state index contributed by atoms with van der Waals surface area (Å²) in [5.74, 6) is -8.88. The summed E-state index contributed by atoms with van der Waals surface area (Å²) in [6, 6.07) is -1.06. The Morgan fingerprint density at radius 2 is 1.41 bits per heavy atom. The van der Waals surface area contributed by atoms with E-state index in [2.05, 4.69) is 0 Å². The van der Waals surface area contributed by atoms with Crippen LogP contribution < -0.4 is 0 Å². The maximum atomic E-state index is 12.7. The normalized spacial score (nSPS) is 31.2. The van der Waals surface area contributed by atoms with E-state index in [0.29, 0.717) is 6.42 Å². The van der Waals surface area contributed by atoms with Crippen molar-refractivity contribution in [2.75, 3.05) is 0 Å². The van der Waals surface area contributed by atoms with Crippen LogP contribution in [0.5, 0.6) is 0 Å². The van der Waals surface area contributed by atoms with Gasteiger partial charge in [-0.15, -0.1) is 0 Å². The van der Waals surface area contributed by atoms with Crippen LogP contribution in [0.25, 0.3) is 0 Å². The minimum atomic E-state index is -1.34. The van der Waals surface area contributed by atoms with E-state index in [9.17, 15) is 44.6 Å². The number of carboxylic acid groups (broad SMARTS) is 2. The molecule has 2 fully saturated rings. The summed E-state index contributed by atoms with van der Waals surface area (Å²) in [6.07, 6.45) is -1.65. The van der Waals surface area contributed by atoms with E-state index in [1.165, 1.54) is 0 Å². The van der Waals surface area contributed by atoms with Crippen molar-refractivity contribution in [1.29, 1.82) is 0 Å². The van der Waals surface area contributed by atoms with Gasteiger partial charge in [0.15, 0.2) is 0 Å². The van der Waals surface area contributed by atoms with Gasteiger partial charge in [-0.25, -0.2) is 0 Å². The van der Waals surface area contributed by atoms with Gasteiger partial charge in [0.25, 0.3) is 0 Å². The molecule has 180 valence electrons. The number of nitrogens with zero attached hydrogens (tertiary/aromatic N) is 1. The minimum Gasteiger partial charge on any atom is -0.481 e. The number of hydrogen-bond acceptors (Lipinski definition) is 9. The Labute approximate surface area is 184 Å². The Morgan fingerprint density at radius 1 is 0.906 bits per heavy atom. The molecule has 12 nitrogen and oxygen atoms in total. The third kappa shape index (κ3) is 6.38. The molecule has 2 aliphatic rings. The Hall–Kier alpha value is -2.76. The van der Waals surface area contributed by atoms with Gasteiger partial charge in [0.1, 0.15) is 0 Å². The highest BCUT2D eigenvalue weighted by molar-refractivity contribution is 5.83. The van der Waals surface area contributed by atoms with Crippen LogP contribution in [0.4, 0.5) is 0 Å². The average Bonchev–Trinajstić information content (AvgIpc) is 2.72. The standard InChI is InChI=1S/C20H29NO11/c1-2-3-16(32-20(28)13-7-5-11(22)9-15(13)18(25)26)31-19(27)12-6-4-10(21(29)30)8-14(12)17(23)24/h10-16,22H,2-9H2,1H3,(H,23,24)(H,25,26). The molecule has 3 N–H and O–H groups in total. The van der Waals surface area contributed by atoms with Crippen LogP contribution >= 0.6 is 0 Å². The molecule has 2 aliphatic carbocycles. The number of aliphatic hydroxyl groups excluding tert-OH is 1. The smallest absolute Gasteiger partial charge is 0.312 e. The molecule has 0 spiro atoms. The molecule has 0 heterocycles. The van der Waals surface area contributed by atoms with Crippen molar-refractivity contribution in [3.8, 4) is 0 Å². The zero-order chi connectivity index (χ0) is 24.0. The number of carboxylic acids is 2. The molecule has 7 atom stereocenters. The van der Waals surface area contributed by atoms with Crippen LogP contribution in [-0.2, 0) is 28.7 Å². The maximum absolute atomic E-state index is 12.7. The number of hydrogen-bond donors (Lipinski definition) is 3. The lowest BCUT2D eigenvalue weighted by Gasteiger charge is -2.32. The first-order valence-corrected chi connectivity index (χ1v) is 10.7. The molecule has 0 aromatic carbocycles. The molecule has 0 saturated heterocycles. The Bertz CT molecular complexity index is 739. The molecule has 12 heteroatoms. The minimum absolute atomic E-state index is 0.0273. The molecular weight excluding hydrogens is 430 g/mol. The summed E-state index contributed by atoms with van der Waals surface area (Å²) in [4.78, 5) is 58.8. The van der Waals surface area contributed by atoms with E-state index >= 15 is 0 Å². The third-order valence-electron chi connectivity index (χ3n) is 6.20.